The summed E-state index contributed by atoms with van der Waals surface area (Å²) in [7, 11) is 0. The van der Waals surface area contributed by atoms with Crippen LogP contribution < -0.4 is 0 Å². The van der Waals surface area contributed by atoms with Crippen LogP contribution in [0.4, 0.5) is 0 Å². The van der Waals surface area contributed by atoms with Gasteiger partial charge < -0.3 is 4.42 Å². The Kier molecular flexibility index (Phi) is 5.74. The van der Waals surface area contributed by atoms with Crippen LogP contribution in [0, 0.1) is 0 Å². The minimum Gasteiger partial charge on any atom is -0.456 e. The molecule has 0 fully saturated rings. The molecule has 0 spiro atoms. The first kappa shape index (κ1) is 25.3. The van der Waals surface area contributed by atoms with E-state index in [1.54, 1.807) is 6.20 Å². The van der Waals surface area contributed by atoms with Crippen LogP contribution in [0.25, 0.3) is 88.8 Å². The number of nitrogens with zero attached hydrogens (tertiary/aromatic N) is 4. The lowest BCUT2D eigenvalue weighted by atomic mass is 10.00. The van der Waals surface area contributed by atoms with Crippen molar-refractivity contribution in [3.63, 3.8) is 0 Å². The van der Waals surface area contributed by atoms with Gasteiger partial charge in [0.25, 0.3) is 0 Å². The summed E-state index contributed by atoms with van der Waals surface area (Å²) in [6.45, 7) is 0. The van der Waals surface area contributed by atoms with E-state index in [9.17, 15) is 0 Å². The molecule has 210 valence electrons. The van der Waals surface area contributed by atoms with Gasteiger partial charge in [0.1, 0.15) is 11.2 Å². The van der Waals surface area contributed by atoms with Crippen molar-refractivity contribution in [2.45, 2.75) is 0 Å². The number of hydrogen-bond donors (Lipinski definition) is 0. The third-order valence-electron chi connectivity index (χ3n) is 8.39. The average Bonchev–Trinajstić information content (AvgIpc) is 3.50. The standard InChI is InChI=1S/C40H24N4O/c1-2-7-25(8-3-1)28-14-15-30-23-32(18-16-29(30)21-28)39-42-38(31-17-13-26-9-4-5-10-27(26)22-31)43-40(44-39)33-11-6-12-36-37(33)34-24-41-20-19-35(34)45-36/h1-24H. The van der Waals surface area contributed by atoms with E-state index in [4.69, 9.17) is 19.4 Å². The van der Waals surface area contributed by atoms with Gasteiger partial charge in [-0.2, -0.15) is 0 Å². The molecule has 9 rings (SSSR count). The molecule has 9 aromatic rings. The minimum atomic E-state index is 0.583. The second kappa shape index (κ2) is 10.2. The van der Waals surface area contributed by atoms with Crippen LogP contribution in [0.15, 0.2) is 150 Å². The van der Waals surface area contributed by atoms with Crippen LogP contribution in [0.1, 0.15) is 0 Å². The summed E-state index contributed by atoms with van der Waals surface area (Å²) < 4.78 is 6.17. The molecule has 0 bridgehead atoms. The Morgan fingerprint density at radius 2 is 1.04 bits per heavy atom. The Balaban J connectivity index is 1.25. The highest BCUT2D eigenvalue weighted by atomic mass is 16.3. The molecule has 0 amide bonds. The highest BCUT2D eigenvalue weighted by molar-refractivity contribution is 6.11. The van der Waals surface area contributed by atoms with E-state index >= 15 is 0 Å². The van der Waals surface area contributed by atoms with Gasteiger partial charge in [-0.15, -0.1) is 0 Å². The molecule has 0 saturated carbocycles. The molecule has 0 aliphatic rings. The van der Waals surface area contributed by atoms with E-state index < -0.39 is 0 Å². The molecule has 0 atom stereocenters. The quantitative estimate of drug-likeness (QED) is 0.209. The topological polar surface area (TPSA) is 64.7 Å². The molecule has 0 radical (unpaired) electrons. The highest BCUT2D eigenvalue weighted by Crippen LogP contribution is 2.36. The molecule has 3 aromatic heterocycles. The Labute approximate surface area is 258 Å². The van der Waals surface area contributed by atoms with Gasteiger partial charge >= 0.3 is 0 Å². The molecule has 0 unspecified atom stereocenters. The van der Waals surface area contributed by atoms with Crippen LogP contribution in [-0.4, -0.2) is 19.9 Å². The van der Waals surface area contributed by atoms with Crippen LogP contribution in [0.3, 0.4) is 0 Å². The monoisotopic (exact) mass is 576 g/mol. The third-order valence-corrected chi connectivity index (χ3v) is 8.39. The van der Waals surface area contributed by atoms with Crippen molar-refractivity contribution < 1.29 is 4.42 Å². The van der Waals surface area contributed by atoms with Crippen LogP contribution in [0.5, 0.6) is 0 Å². The smallest absolute Gasteiger partial charge is 0.164 e. The molecule has 6 aromatic carbocycles. The first-order chi connectivity index (χ1) is 22.3. The maximum Gasteiger partial charge on any atom is 0.164 e. The lowest BCUT2D eigenvalue weighted by molar-refractivity contribution is 0.668. The highest BCUT2D eigenvalue weighted by Gasteiger charge is 2.18. The second-order valence-corrected chi connectivity index (χ2v) is 11.2. The van der Waals surface area contributed by atoms with Crippen molar-refractivity contribution in [2.75, 3.05) is 0 Å². The molecular formula is C40H24N4O. The normalized spacial score (nSPS) is 11.6. The van der Waals surface area contributed by atoms with Crippen LogP contribution in [-0.2, 0) is 0 Å². The number of hydrogen-bond acceptors (Lipinski definition) is 5. The van der Waals surface area contributed by atoms with E-state index in [0.29, 0.717) is 17.5 Å². The predicted octanol–water partition coefficient (Wildman–Crippen LogP) is 10.1. The number of rotatable bonds is 4. The Morgan fingerprint density at radius 3 is 1.82 bits per heavy atom. The summed E-state index contributed by atoms with van der Waals surface area (Å²) in [6, 6.07) is 45.9. The van der Waals surface area contributed by atoms with Gasteiger partial charge in [-0.25, -0.2) is 15.0 Å². The van der Waals surface area contributed by atoms with Gasteiger partial charge in [-0.3, -0.25) is 4.98 Å². The van der Waals surface area contributed by atoms with E-state index in [1.807, 2.05) is 42.6 Å². The zero-order chi connectivity index (χ0) is 29.7. The number of furan rings is 1. The maximum atomic E-state index is 6.17. The Bertz CT molecular complexity index is 2550. The first-order valence-corrected chi connectivity index (χ1v) is 14.9. The van der Waals surface area contributed by atoms with Crippen molar-refractivity contribution >= 4 is 43.5 Å². The van der Waals surface area contributed by atoms with Gasteiger partial charge in [0, 0.05) is 39.9 Å². The summed E-state index contributed by atoms with van der Waals surface area (Å²) in [5.74, 6) is 1.81. The second-order valence-electron chi connectivity index (χ2n) is 11.2. The molecular weight excluding hydrogens is 552 g/mol. The predicted molar refractivity (Wildman–Crippen MR) is 182 cm³/mol. The fourth-order valence-electron chi connectivity index (χ4n) is 6.14. The number of aromatic nitrogens is 4. The van der Waals surface area contributed by atoms with Crippen molar-refractivity contribution in [1.29, 1.82) is 0 Å². The van der Waals surface area contributed by atoms with Gasteiger partial charge in [0.15, 0.2) is 17.5 Å². The molecule has 0 saturated heterocycles. The van der Waals surface area contributed by atoms with Gasteiger partial charge in [-0.05, 0) is 63.0 Å². The molecule has 45 heavy (non-hydrogen) atoms. The zero-order valence-corrected chi connectivity index (χ0v) is 24.1. The fourth-order valence-corrected chi connectivity index (χ4v) is 6.14. The summed E-state index contributed by atoms with van der Waals surface area (Å²) in [5, 5.41) is 6.45. The zero-order valence-electron chi connectivity index (χ0n) is 24.1. The molecule has 5 heteroatoms. The molecule has 0 N–H and O–H groups in total. The van der Waals surface area contributed by atoms with Gasteiger partial charge in [0.2, 0.25) is 0 Å². The largest absolute Gasteiger partial charge is 0.456 e. The summed E-state index contributed by atoms with van der Waals surface area (Å²) in [4.78, 5) is 19.6. The van der Waals surface area contributed by atoms with E-state index in [0.717, 1.165) is 54.8 Å². The van der Waals surface area contributed by atoms with Gasteiger partial charge in [-0.1, -0.05) is 103 Å². The van der Waals surface area contributed by atoms with Crippen molar-refractivity contribution in [2.24, 2.45) is 0 Å². The lowest BCUT2D eigenvalue weighted by Gasteiger charge is -2.11. The first-order valence-electron chi connectivity index (χ1n) is 14.9. The number of benzene rings is 6. The van der Waals surface area contributed by atoms with E-state index in [2.05, 4.69) is 102 Å². The fraction of sp³-hybridized carbons (Fsp3) is 0. The molecule has 5 nitrogen and oxygen atoms in total. The third kappa shape index (κ3) is 4.41. The average molecular weight is 577 g/mol. The summed E-state index contributed by atoms with van der Waals surface area (Å²) in [6.07, 6.45) is 3.58. The molecule has 0 aliphatic carbocycles. The summed E-state index contributed by atoms with van der Waals surface area (Å²) in [5.41, 5.74) is 6.65. The van der Waals surface area contributed by atoms with Crippen molar-refractivity contribution in [3.8, 4) is 45.3 Å². The van der Waals surface area contributed by atoms with E-state index in [-0.39, 0.29) is 0 Å². The molecule has 0 aliphatic heterocycles. The van der Waals surface area contributed by atoms with Crippen LogP contribution >= 0.6 is 0 Å². The Morgan fingerprint density at radius 1 is 0.422 bits per heavy atom. The minimum absolute atomic E-state index is 0.583. The number of pyridine rings is 1. The van der Waals surface area contributed by atoms with Gasteiger partial charge in [0.05, 0.1) is 0 Å². The number of fused-ring (bicyclic) bond motifs is 5. The van der Waals surface area contributed by atoms with Crippen molar-refractivity contribution in [1.82, 2.24) is 19.9 Å². The Hall–Kier alpha value is -6.20. The van der Waals surface area contributed by atoms with Crippen molar-refractivity contribution in [3.05, 3.63) is 146 Å². The lowest BCUT2D eigenvalue weighted by Crippen LogP contribution is -2.00. The SMILES string of the molecule is c1ccc(-c2ccc3cc(-c4nc(-c5ccc6ccccc6c5)nc(-c5cccc6oc7ccncc7c56)n4)ccc3c2)cc1. The maximum absolute atomic E-state index is 6.17. The van der Waals surface area contributed by atoms with E-state index in [1.165, 1.54) is 16.5 Å². The van der Waals surface area contributed by atoms with Crippen LogP contribution in [0.2, 0.25) is 0 Å². The molecule has 3 heterocycles. The summed E-state index contributed by atoms with van der Waals surface area (Å²) >= 11 is 0.